The van der Waals surface area contributed by atoms with Gasteiger partial charge in [-0.3, -0.25) is 4.68 Å². The van der Waals surface area contributed by atoms with Gasteiger partial charge < -0.3 is 5.32 Å². The van der Waals surface area contributed by atoms with Crippen molar-refractivity contribution < 1.29 is 4.39 Å². The molecule has 3 nitrogen and oxygen atoms in total. The smallest absolute Gasteiger partial charge is 0.131 e. The summed E-state index contributed by atoms with van der Waals surface area (Å²) in [7, 11) is 0. The molecule has 0 saturated heterocycles. The summed E-state index contributed by atoms with van der Waals surface area (Å²) in [6.07, 6.45) is 1.90. The Kier molecular flexibility index (Phi) is 4.55. The molecule has 20 heavy (non-hydrogen) atoms. The zero-order valence-corrected chi connectivity index (χ0v) is 12.6. The molecule has 0 bridgehead atoms. The summed E-state index contributed by atoms with van der Waals surface area (Å²) >= 11 is 0. The molecular weight excluding hydrogens is 253 g/mol. The van der Waals surface area contributed by atoms with E-state index in [0.717, 1.165) is 23.4 Å². The lowest BCUT2D eigenvalue weighted by Crippen LogP contribution is -2.21. The molecule has 108 valence electrons. The maximum absolute atomic E-state index is 14.3. The lowest BCUT2D eigenvalue weighted by atomic mass is 10.0. The van der Waals surface area contributed by atoms with Crippen LogP contribution in [0.2, 0.25) is 0 Å². The minimum atomic E-state index is -0.188. The molecule has 0 aliphatic heterocycles. The van der Waals surface area contributed by atoms with Crippen LogP contribution in [0, 0.1) is 12.7 Å². The van der Waals surface area contributed by atoms with Crippen LogP contribution in [-0.2, 0) is 13.1 Å². The zero-order chi connectivity index (χ0) is 14.7. The van der Waals surface area contributed by atoms with Crippen molar-refractivity contribution in [1.29, 1.82) is 0 Å². The molecule has 0 fully saturated rings. The van der Waals surface area contributed by atoms with Crippen molar-refractivity contribution in [2.24, 2.45) is 0 Å². The molecular formula is C16H22FN3. The number of nitrogens with one attached hydrogen (secondary N) is 1. The molecule has 4 heteroatoms. The molecule has 0 unspecified atom stereocenters. The van der Waals surface area contributed by atoms with Gasteiger partial charge in [-0.2, -0.15) is 5.10 Å². The van der Waals surface area contributed by atoms with Gasteiger partial charge in [0.2, 0.25) is 0 Å². The number of hydrogen-bond acceptors (Lipinski definition) is 2. The van der Waals surface area contributed by atoms with Crippen LogP contribution in [-0.4, -0.2) is 15.8 Å². The molecule has 1 N–H and O–H groups in total. The monoisotopic (exact) mass is 275 g/mol. The lowest BCUT2D eigenvalue weighted by molar-refractivity contribution is 0.582. The molecule has 1 aromatic heterocycles. The second-order valence-electron chi connectivity index (χ2n) is 5.33. The number of aryl methyl sites for hydroxylation is 2. The minimum absolute atomic E-state index is 0.188. The SMILES string of the molecule is CCn1cc(-c2ccc(CNC(C)C)cc2F)c(C)n1. The van der Waals surface area contributed by atoms with Gasteiger partial charge in [-0.05, 0) is 25.5 Å². The van der Waals surface area contributed by atoms with E-state index in [1.807, 2.05) is 36.9 Å². The van der Waals surface area contributed by atoms with Crippen molar-refractivity contribution in [1.82, 2.24) is 15.1 Å². The molecule has 2 aromatic rings. The van der Waals surface area contributed by atoms with Crippen LogP contribution in [0.1, 0.15) is 32.0 Å². The number of benzene rings is 1. The van der Waals surface area contributed by atoms with Gasteiger partial charge in [0, 0.05) is 36.5 Å². The molecule has 0 aliphatic rings. The Labute approximate surface area is 119 Å². The molecule has 0 saturated carbocycles. The quantitative estimate of drug-likeness (QED) is 0.905. The van der Waals surface area contributed by atoms with Gasteiger partial charge in [-0.25, -0.2) is 4.39 Å². The zero-order valence-electron chi connectivity index (χ0n) is 12.6. The molecule has 0 radical (unpaired) electrons. The first-order valence-electron chi connectivity index (χ1n) is 7.07. The van der Waals surface area contributed by atoms with Crippen molar-refractivity contribution in [3.63, 3.8) is 0 Å². The van der Waals surface area contributed by atoms with E-state index in [1.54, 1.807) is 6.07 Å². The average molecular weight is 275 g/mol. The Bertz CT molecular complexity index is 587. The molecule has 1 heterocycles. The topological polar surface area (TPSA) is 29.9 Å². The van der Waals surface area contributed by atoms with Gasteiger partial charge in [0.05, 0.1) is 5.69 Å². The maximum atomic E-state index is 14.3. The third-order valence-corrected chi connectivity index (χ3v) is 3.31. The van der Waals surface area contributed by atoms with E-state index in [0.29, 0.717) is 18.2 Å². The number of hydrogen-bond donors (Lipinski definition) is 1. The highest BCUT2D eigenvalue weighted by Gasteiger charge is 2.12. The molecule has 2 rings (SSSR count). The fourth-order valence-corrected chi connectivity index (χ4v) is 2.15. The summed E-state index contributed by atoms with van der Waals surface area (Å²) in [5.41, 5.74) is 3.31. The van der Waals surface area contributed by atoms with Crippen molar-refractivity contribution in [2.75, 3.05) is 0 Å². The van der Waals surface area contributed by atoms with E-state index in [2.05, 4.69) is 24.3 Å². The Morgan fingerprint density at radius 3 is 2.60 bits per heavy atom. The predicted molar refractivity (Wildman–Crippen MR) is 80.0 cm³/mol. The van der Waals surface area contributed by atoms with Crippen LogP contribution in [0.25, 0.3) is 11.1 Å². The van der Waals surface area contributed by atoms with Gasteiger partial charge in [0.1, 0.15) is 5.82 Å². The molecule has 0 atom stereocenters. The Balaban J connectivity index is 2.27. The van der Waals surface area contributed by atoms with Gasteiger partial charge in [0.15, 0.2) is 0 Å². The summed E-state index contributed by atoms with van der Waals surface area (Å²) in [5.74, 6) is -0.188. The summed E-state index contributed by atoms with van der Waals surface area (Å²) in [4.78, 5) is 0. The van der Waals surface area contributed by atoms with E-state index in [9.17, 15) is 4.39 Å². The Morgan fingerprint density at radius 1 is 1.30 bits per heavy atom. The van der Waals surface area contributed by atoms with Crippen LogP contribution in [0.5, 0.6) is 0 Å². The van der Waals surface area contributed by atoms with E-state index < -0.39 is 0 Å². The van der Waals surface area contributed by atoms with E-state index in [-0.39, 0.29) is 5.82 Å². The normalized spacial score (nSPS) is 11.3. The van der Waals surface area contributed by atoms with Gasteiger partial charge >= 0.3 is 0 Å². The maximum Gasteiger partial charge on any atom is 0.131 e. The number of rotatable bonds is 5. The van der Waals surface area contributed by atoms with Gasteiger partial charge in [-0.1, -0.05) is 26.0 Å². The number of nitrogens with zero attached hydrogens (tertiary/aromatic N) is 2. The highest BCUT2D eigenvalue weighted by Crippen LogP contribution is 2.26. The van der Waals surface area contributed by atoms with Crippen LogP contribution in [0.15, 0.2) is 24.4 Å². The van der Waals surface area contributed by atoms with Crippen LogP contribution in [0.4, 0.5) is 4.39 Å². The number of halogens is 1. The fraction of sp³-hybridized carbons (Fsp3) is 0.438. The minimum Gasteiger partial charge on any atom is -0.310 e. The van der Waals surface area contributed by atoms with E-state index in [1.165, 1.54) is 0 Å². The highest BCUT2D eigenvalue weighted by atomic mass is 19.1. The van der Waals surface area contributed by atoms with Crippen molar-refractivity contribution in [3.05, 3.63) is 41.5 Å². The van der Waals surface area contributed by atoms with Crippen molar-refractivity contribution in [3.8, 4) is 11.1 Å². The first-order valence-corrected chi connectivity index (χ1v) is 7.07. The highest BCUT2D eigenvalue weighted by molar-refractivity contribution is 5.66. The van der Waals surface area contributed by atoms with Crippen LogP contribution >= 0.6 is 0 Å². The fourth-order valence-electron chi connectivity index (χ4n) is 2.15. The van der Waals surface area contributed by atoms with E-state index >= 15 is 0 Å². The third kappa shape index (κ3) is 3.25. The molecule has 0 spiro atoms. The second kappa shape index (κ2) is 6.18. The Hall–Kier alpha value is -1.68. The summed E-state index contributed by atoms with van der Waals surface area (Å²) in [5, 5.41) is 7.66. The van der Waals surface area contributed by atoms with Crippen LogP contribution in [0.3, 0.4) is 0 Å². The lowest BCUT2D eigenvalue weighted by Gasteiger charge is -2.09. The predicted octanol–water partition coefficient (Wildman–Crippen LogP) is 3.52. The summed E-state index contributed by atoms with van der Waals surface area (Å²) in [6, 6.07) is 5.81. The first kappa shape index (κ1) is 14.7. The summed E-state index contributed by atoms with van der Waals surface area (Å²) in [6.45, 7) is 9.56. The van der Waals surface area contributed by atoms with Crippen LogP contribution < -0.4 is 5.32 Å². The molecule has 1 aromatic carbocycles. The third-order valence-electron chi connectivity index (χ3n) is 3.31. The van der Waals surface area contributed by atoms with Crippen molar-refractivity contribution in [2.45, 2.75) is 46.8 Å². The van der Waals surface area contributed by atoms with Gasteiger partial charge in [0.25, 0.3) is 0 Å². The Morgan fingerprint density at radius 2 is 2.05 bits per heavy atom. The summed E-state index contributed by atoms with van der Waals surface area (Å²) < 4.78 is 16.1. The second-order valence-corrected chi connectivity index (χ2v) is 5.33. The number of aromatic nitrogens is 2. The average Bonchev–Trinajstić information content (AvgIpc) is 2.78. The van der Waals surface area contributed by atoms with Crippen molar-refractivity contribution >= 4 is 0 Å². The first-order chi connectivity index (χ1) is 9.51. The van der Waals surface area contributed by atoms with E-state index in [4.69, 9.17) is 0 Å². The molecule has 0 aliphatic carbocycles. The van der Waals surface area contributed by atoms with Gasteiger partial charge in [-0.15, -0.1) is 0 Å². The molecule has 0 amide bonds. The largest absolute Gasteiger partial charge is 0.310 e. The standard InChI is InChI=1S/C16H22FN3/c1-5-20-10-15(12(4)19-20)14-7-6-13(8-16(14)17)9-18-11(2)3/h6-8,10-11,18H,5,9H2,1-4H3.